The Morgan fingerprint density at radius 1 is 1.06 bits per heavy atom. The van der Waals surface area contributed by atoms with Crippen molar-refractivity contribution in [2.75, 3.05) is 32.8 Å². The standard InChI is InChI=1S/C27H37FN4O2/c1-16-25(17(2)34-31-16)20-13-24-26(30-14-20)22-15-29-10-7-23(22)32(24)27(19-8-11-33-12-9-19)18-3-5-21(28)6-4-18/h3-6,19-20,22-24,26-27,29-30H,7-15H2,1-2H3/t20?,22?,23?,24?,26?,27-/m1/s1. The first-order valence-electron chi connectivity index (χ1n) is 13.1. The number of halogens is 1. The third-order valence-electron chi connectivity index (χ3n) is 9.00. The average Bonchev–Trinajstić information content (AvgIpc) is 3.37. The van der Waals surface area contributed by atoms with Crippen LogP contribution in [0.25, 0.3) is 0 Å². The quantitative estimate of drug-likeness (QED) is 0.714. The van der Waals surface area contributed by atoms with Gasteiger partial charge in [-0.3, -0.25) is 4.90 Å². The molecule has 0 aliphatic carbocycles. The molecular weight excluding hydrogens is 431 g/mol. The van der Waals surface area contributed by atoms with E-state index < -0.39 is 0 Å². The van der Waals surface area contributed by atoms with Crippen LogP contribution in [0.15, 0.2) is 28.8 Å². The van der Waals surface area contributed by atoms with Crippen LogP contribution >= 0.6 is 0 Å². The number of nitrogens with zero attached hydrogens (tertiary/aromatic N) is 2. The second kappa shape index (κ2) is 9.34. The molecule has 1 aromatic carbocycles. The van der Waals surface area contributed by atoms with Crippen LogP contribution in [0.2, 0.25) is 0 Å². The van der Waals surface area contributed by atoms with Crippen LogP contribution in [0.5, 0.6) is 0 Å². The highest BCUT2D eigenvalue weighted by Gasteiger charge is 2.55. The summed E-state index contributed by atoms with van der Waals surface area (Å²) in [5.74, 6) is 2.30. The van der Waals surface area contributed by atoms with E-state index in [9.17, 15) is 4.39 Å². The first kappa shape index (κ1) is 22.7. The minimum atomic E-state index is -0.161. The maximum atomic E-state index is 13.9. The van der Waals surface area contributed by atoms with Crippen molar-refractivity contribution in [3.8, 4) is 0 Å². The van der Waals surface area contributed by atoms with Gasteiger partial charge in [0.25, 0.3) is 0 Å². The highest BCUT2D eigenvalue weighted by molar-refractivity contribution is 5.29. The van der Waals surface area contributed by atoms with Gasteiger partial charge in [0.05, 0.1) is 5.69 Å². The zero-order valence-electron chi connectivity index (χ0n) is 20.3. The Morgan fingerprint density at radius 2 is 1.85 bits per heavy atom. The van der Waals surface area contributed by atoms with Crippen LogP contribution in [0.1, 0.15) is 60.2 Å². The van der Waals surface area contributed by atoms with Gasteiger partial charge in [-0.2, -0.15) is 0 Å². The van der Waals surface area contributed by atoms with Crippen LogP contribution in [0.4, 0.5) is 4.39 Å². The molecule has 2 N–H and O–H groups in total. The number of fused-ring (bicyclic) bond motifs is 3. The first-order chi connectivity index (χ1) is 16.6. The summed E-state index contributed by atoms with van der Waals surface area (Å²) in [6.07, 6.45) is 4.39. The van der Waals surface area contributed by atoms with Crippen molar-refractivity contribution in [3.63, 3.8) is 0 Å². The number of hydrogen-bond donors (Lipinski definition) is 2. The van der Waals surface area contributed by atoms with Crippen LogP contribution in [0.3, 0.4) is 0 Å². The fourth-order valence-electron chi connectivity index (χ4n) is 7.62. The van der Waals surface area contributed by atoms with E-state index in [2.05, 4.69) is 27.6 Å². The molecule has 0 saturated carbocycles. The number of piperidine rings is 2. The molecular formula is C27H37FN4O2. The first-order valence-corrected chi connectivity index (χ1v) is 13.1. The SMILES string of the molecule is Cc1noc(C)c1C1CNC2C3CNCCC3N([C@H](c3ccc(F)cc3)C3CCOCC3)C2C1. The predicted octanol–water partition coefficient (Wildman–Crippen LogP) is 3.71. The van der Waals surface area contributed by atoms with Crippen molar-refractivity contribution >= 4 is 0 Å². The normalized spacial score (nSPS) is 33.4. The van der Waals surface area contributed by atoms with E-state index in [1.165, 1.54) is 11.1 Å². The van der Waals surface area contributed by atoms with Crippen LogP contribution in [0, 0.1) is 31.5 Å². The van der Waals surface area contributed by atoms with Crippen molar-refractivity contribution in [1.29, 1.82) is 0 Å². The Labute approximate surface area is 201 Å². The molecule has 4 aliphatic rings. The fraction of sp³-hybridized carbons (Fsp3) is 0.667. The number of aromatic nitrogens is 1. The number of likely N-dealkylation sites (tertiary alicyclic amines) is 1. The van der Waals surface area contributed by atoms with Gasteiger partial charge in [0.1, 0.15) is 11.6 Å². The Hall–Kier alpha value is -1.80. The summed E-state index contributed by atoms with van der Waals surface area (Å²) >= 11 is 0. The number of rotatable bonds is 4. The van der Waals surface area contributed by atoms with Crippen molar-refractivity contribution < 1.29 is 13.7 Å². The highest BCUT2D eigenvalue weighted by Crippen LogP contribution is 2.49. The summed E-state index contributed by atoms with van der Waals surface area (Å²) in [4.78, 5) is 2.87. The molecule has 4 fully saturated rings. The van der Waals surface area contributed by atoms with Gasteiger partial charge in [-0.25, -0.2) is 4.39 Å². The molecule has 1 aromatic heterocycles. The van der Waals surface area contributed by atoms with Crippen LogP contribution in [-0.2, 0) is 4.74 Å². The Balaban J connectivity index is 1.39. The maximum Gasteiger partial charge on any atom is 0.137 e. The summed E-state index contributed by atoms with van der Waals surface area (Å²) in [7, 11) is 0. The molecule has 7 heteroatoms. The number of hydrogen-bond acceptors (Lipinski definition) is 6. The molecule has 5 heterocycles. The van der Waals surface area contributed by atoms with E-state index in [-0.39, 0.29) is 11.9 Å². The van der Waals surface area contributed by atoms with Gasteiger partial charge < -0.3 is 19.9 Å². The second-order valence-corrected chi connectivity index (χ2v) is 10.8. The Morgan fingerprint density at radius 3 is 2.59 bits per heavy atom. The largest absolute Gasteiger partial charge is 0.381 e. The van der Waals surface area contributed by atoms with Crippen molar-refractivity contribution in [3.05, 3.63) is 52.7 Å². The van der Waals surface area contributed by atoms with Gasteiger partial charge in [-0.15, -0.1) is 0 Å². The van der Waals surface area contributed by atoms with Gasteiger partial charge in [0, 0.05) is 67.9 Å². The lowest BCUT2D eigenvalue weighted by molar-refractivity contribution is -0.00249. The monoisotopic (exact) mass is 468 g/mol. The molecule has 5 unspecified atom stereocenters. The van der Waals surface area contributed by atoms with Crippen molar-refractivity contribution in [1.82, 2.24) is 20.7 Å². The molecule has 0 bridgehead atoms. The van der Waals surface area contributed by atoms with E-state index in [0.717, 1.165) is 70.0 Å². The lowest BCUT2D eigenvalue weighted by Gasteiger charge is -2.46. The summed E-state index contributed by atoms with van der Waals surface area (Å²) in [6, 6.07) is 9.06. The minimum Gasteiger partial charge on any atom is -0.381 e. The van der Waals surface area contributed by atoms with E-state index in [4.69, 9.17) is 9.26 Å². The molecule has 4 saturated heterocycles. The summed E-state index contributed by atoms with van der Waals surface area (Å²) in [5, 5.41) is 11.9. The van der Waals surface area contributed by atoms with Crippen LogP contribution in [-0.4, -0.2) is 61.0 Å². The molecule has 184 valence electrons. The number of benzene rings is 1. The lowest BCUT2D eigenvalue weighted by Crippen LogP contribution is -2.53. The molecule has 0 radical (unpaired) electrons. The third kappa shape index (κ3) is 3.91. The lowest BCUT2D eigenvalue weighted by atomic mass is 9.80. The molecule has 4 aliphatic heterocycles. The fourth-order valence-corrected chi connectivity index (χ4v) is 7.62. The molecule has 0 amide bonds. The zero-order valence-corrected chi connectivity index (χ0v) is 20.3. The predicted molar refractivity (Wildman–Crippen MR) is 128 cm³/mol. The van der Waals surface area contributed by atoms with E-state index >= 15 is 0 Å². The molecule has 6 atom stereocenters. The number of ether oxygens (including phenoxy) is 1. The number of aryl methyl sites for hydroxylation is 2. The maximum absolute atomic E-state index is 13.9. The molecule has 6 nitrogen and oxygen atoms in total. The third-order valence-corrected chi connectivity index (χ3v) is 9.00. The zero-order chi connectivity index (χ0) is 23.2. The average molecular weight is 469 g/mol. The minimum absolute atomic E-state index is 0.161. The summed E-state index contributed by atoms with van der Waals surface area (Å²) in [5.41, 5.74) is 3.56. The molecule has 2 aromatic rings. The van der Waals surface area contributed by atoms with Gasteiger partial charge in [0.2, 0.25) is 0 Å². The van der Waals surface area contributed by atoms with Gasteiger partial charge >= 0.3 is 0 Å². The topological polar surface area (TPSA) is 62.6 Å². The summed E-state index contributed by atoms with van der Waals surface area (Å²) < 4.78 is 25.2. The van der Waals surface area contributed by atoms with Crippen molar-refractivity contribution in [2.24, 2.45) is 11.8 Å². The Bertz CT molecular complexity index is 970. The molecule has 34 heavy (non-hydrogen) atoms. The molecule has 0 spiro atoms. The van der Waals surface area contributed by atoms with E-state index in [0.29, 0.717) is 35.9 Å². The van der Waals surface area contributed by atoms with Gasteiger partial charge in [0.15, 0.2) is 0 Å². The van der Waals surface area contributed by atoms with Crippen LogP contribution < -0.4 is 10.6 Å². The van der Waals surface area contributed by atoms with Gasteiger partial charge in [-0.05, 0) is 69.7 Å². The van der Waals surface area contributed by atoms with Crippen molar-refractivity contribution in [2.45, 2.75) is 69.6 Å². The van der Waals surface area contributed by atoms with E-state index in [1.807, 2.05) is 19.1 Å². The molecule has 6 rings (SSSR count). The summed E-state index contributed by atoms with van der Waals surface area (Å²) in [6.45, 7) is 8.85. The second-order valence-electron chi connectivity index (χ2n) is 10.8. The number of nitrogens with one attached hydrogen (secondary N) is 2. The Kier molecular flexibility index (Phi) is 6.22. The highest BCUT2D eigenvalue weighted by atomic mass is 19.1. The van der Waals surface area contributed by atoms with E-state index in [1.54, 1.807) is 12.1 Å². The van der Waals surface area contributed by atoms with Gasteiger partial charge in [-0.1, -0.05) is 17.3 Å². The smallest absolute Gasteiger partial charge is 0.137 e.